The summed E-state index contributed by atoms with van der Waals surface area (Å²) in [7, 11) is 23.1. The van der Waals surface area contributed by atoms with Gasteiger partial charge in [-0.15, -0.1) is 5.11 Å². The summed E-state index contributed by atoms with van der Waals surface area (Å²) in [6.07, 6.45) is -4.76. The van der Waals surface area contributed by atoms with Crippen LogP contribution in [-0.4, -0.2) is 86.1 Å². The van der Waals surface area contributed by atoms with Gasteiger partial charge in [-0.2, -0.15) is 13.2 Å². The standard InChI is InChI=1S/C29H23B5ClF3N2O5S/c30-28(31,32)29(33,34)46(44,45)22-6-2-16(3-7-22)24(15-42)39-26(43)18-4-8-25-19(11-18)13-21(40(25)9-10-41)12-17-1-5-20(35)14-23(17)27(36,37)38/h1-8,11,13-14,24,41-42H,9-10,12,15H2,(H,39,43)/t24-/m0/s1. The number of nitrogens with one attached hydrogen (secondary N) is 1. The number of halogens is 4. The number of amides is 1. The fourth-order valence-corrected chi connectivity index (χ4v) is 6.45. The number of aliphatic hydroxyl groups is 2. The van der Waals surface area contributed by atoms with Crippen LogP contribution in [0.25, 0.3) is 10.9 Å². The van der Waals surface area contributed by atoms with Gasteiger partial charge in [-0.1, -0.05) is 29.8 Å². The molecule has 17 heteroatoms. The molecule has 10 radical (unpaired) electrons. The Bertz CT molecular complexity index is 1860. The summed E-state index contributed by atoms with van der Waals surface area (Å²) >= 11 is 5.82. The van der Waals surface area contributed by atoms with Crippen molar-refractivity contribution in [2.24, 2.45) is 0 Å². The largest absolute Gasteiger partial charge is 0.416 e. The van der Waals surface area contributed by atoms with Crippen LogP contribution in [0.15, 0.2) is 71.6 Å². The maximum atomic E-state index is 13.7. The number of aromatic nitrogens is 1. The predicted octanol–water partition coefficient (Wildman–Crippen LogP) is 2.70. The molecule has 0 bridgehead atoms. The second-order valence-corrected chi connectivity index (χ2v) is 13.4. The molecule has 0 aliphatic carbocycles. The number of hydrogen-bond acceptors (Lipinski definition) is 5. The fourth-order valence-electron chi connectivity index (χ4n) is 4.92. The molecule has 3 aromatic carbocycles. The van der Waals surface area contributed by atoms with Crippen molar-refractivity contribution in [3.63, 3.8) is 0 Å². The summed E-state index contributed by atoms with van der Waals surface area (Å²) in [6, 6.07) is 13.7. The third-order valence-electron chi connectivity index (χ3n) is 7.52. The van der Waals surface area contributed by atoms with Gasteiger partial charge in [0.1, 0.15) is 0 Å². The number of fused-ring (bicyclic) bond motifs is 1. The first-order valence-corrected chi connectivity index (χ1v) is 15.5. The molecule has 0 unspecified atom stereocenters. The molecule has 1 atom stereocenters. The van der Waals surface area contributed by atoms with Crippen LogP contribution in [0.1, 0.15) is 38.8 Å². The van der Waals surface area contributed by atoms with Gasteiger partial charge in [0.25, 0.3) is 5.91 Å². The highest BCUT2D eigenvalue weighted by Gasteiger charge is 2.42. The molecule has 228 valence electrons. The second-order valence-electron chi connectivity index (χ2n) is 10.8. The number of hydrogen-bond donors (Lipinski definition) is 3. The van der Waals surface area contributed by atoms with Crippen molar-refractivity contribution in [2.45, 2.75) is 39.7 Å². The van der Waals surface area contributed by atoms with Gasteiger partial charge >= 0.3 is 6.18 Å². The molecule has 0 aliphatic rings. The number of rotatable bonds is 11. The Labute approximate surface area is 275 Å². The SMILES string of the molecule is [B]C([B])([B])C([B])([B])S(=O)(=O)c1ccc([C@H](CO)NC(=O)c2ccc3c(c2)cc(Cc2ccc(Cl)cc2C(F)(F)F)n3CCO)cc1. The van der Waals surface area contributed by atoms with E-state index in [9.17, 15) is 36.6 Å². The van der Waals surface area contributed by atoms with E-state index in [2.05, 4.69) is 5.32 Å². The monoisotopic (exact) mass is 658 g/mol. The molecular formula is C29H23B5ClF3N2O5S. The molecule has 1 heterocycles. The molecule has 46 heavy (non-hydrogen) atoms. The lowest BCUT2D eigenvalue weighted by atomic mass is 9.30. The van der Waals surface area contributed by atoms with Crippen LogP contribution < -0.4 is 5.32 Å². The summed E-state index contributed by atoms with van der Waals surface area (Å²) in [5, 5.41) is 20.3. The van der Waals surface area contributed by atoms with Gasteiger partial charge in [0, 0.05) is 40.1 Å². The van der Waals surface area contributed by atoms with Gasteiger partial charge < -0.3 is 20.1 Å². The van der Waals surface area contributed by atoms with E-state index in [4.69, 9.17) is 50.8 Å². The topological polar surface area (TPSA) is 109 Å². The summed E-state index contributed by atoms with van der Waals surface area (Å²) in [4.78, 5) is 12.9. The Morgan fingerprint density at radius 2 is 1.59 bits per heavy atom. The zero-order valence-electron chi connectivity index (χ0n) is 24.1. The molecule has 0 saturated heterocycles. The van der Waals surface area contributed by atoms with Crippen LogP contribution in [-0.2, 0) is 29.0 Å². The zero-order valence-corrected chi connectivity index (χ0v) is 25.7. The van der Waals surface area contributed by atoms with Crippen molar-refractivity contribution in [3.05, 3.63) is 99.7 Å². The number of sulfone groups is 1. The first-order valence-electron chi connectivity index (χ1n) is 13.6. The van der Waals surface area contributed by atoms with E-state index in [0.717, 1.165) is 18.2 Å². The quantitative estimate of drug-likeness (QED) is 0.215. The number of nitrogens with zero attached hydrogens (tertiary/aromatic N) is 1. The van der Waals surface area contributed by atoms with Crippen molar-refractivity contribution in [1.82, 2.24) is 9.88 Å². The highest BCUT2D eigenvalue weighted by Crippen LogP contribution is 2.37. The Balaban J connectivity index is 1.60. The van der Waals surface area contributed by atoms with Gasteiger partial charge in [-0.3, -0.25) is 4.79 Å². The average Bonchev–Trinajstić information content (AvgIpc) is 3.31. The smallest absolute Gasteiger partial charge is 0.395 e. The average molecular weight is 658 g/mol. The minimum Gasteiger partial charge on any atom is -0.395 e. The van der Waals surface area contributed by atoms with Crippen LogP contribution >= 0.6 is 11.6 Å². The van der Waals surface area contributed by atoms with Crippen LogP contribution in [0.3, 0.4) is 0 Å². The molecule has 0 saturated carbocycles. The van der Waals surface area contributed by atoms with E-state index in [0.29, 0.717) is 22.2 Å². The van der Waals surface area contributed by atoms with Gasteiger partial charge in [0.15, 0.2) is 9.84 Å². The van der Waals surface area contributed by atoms with E-state index in [1.807, 2.05) is 0 Å². The maximum Gasteiger partial charge on any atom is 0.416 e. The molecule has 0 aliphatic heterocycles. The second kappa shape index (κ2) is 13.2. The first kappa shape index (κ1) is 35.8. The summed E-state index contributed by atoms with van der Waals surface area (Å²) in [5.74, 6) is -0.603. The van der Waals surface area contributed by atoms with E-state index < -0.39 is 49.8 Å². The molecule has 4 rings (SSSR count). The van der Waals surface area contributed by atoms with Gasteiger partial charge in [-0.25, -0.2) is 8.42 Å². The molecule has 1 aromatic heterocycles. The lowest BCUT2D eigenvalue weighted by Crippen LogP contribution is -2.52. The van der Waals surface area contributed by atoms with Crippen LogP contribution in [0.2, 0.25) is 10.1 Å². The first-order chi connectivity index (χ1) is 21.3. The normalized spacial score (nSPS) is 13.5. The highest BCUT2D eigenvalue weighted by atomic mass is 35.5. The minimum absolute atomic E-state index is 0.0153. The number of carbonyl (C=O) groups excluding carboxylic acids is 1. The number of alkyl halides is 3. The van der Waals surface area contributed by atoms with Gasteiger partial charge in [-0.05, 0) is 64.2 Å². The lowest BCUT2D eigenvalue weighted by molar-refractivity contribution is -0.138. The lowest BCUT2D eigenvalue weighted by Gasteiger charge is -2.40. The Hall–Kier alpha value is -3.06. The molecular weight excluding hydrogens is 635 g/mol. The molecule has 3 N–H and O–H groups in total. The van der Waals surface area contributed by atoms with E-state index in [-0.39, 0.29) is 40.6 Å². The van der Waals surface area contributed by atoms with Crippen molar-refractivity contribution < 1.29 is 36.6 Å². The Morgan fingerprint density at radius 3 is 2.15 bits per heavy atom. The Morgan fingerprint density at radius 1 is 0.935 bits per heavy atom. The third kappa shape index (κ3) is 7.10. The molecule has 7 nitrogen and oxygen atoms in total. The van der Waals surface area contributed by atoms with E-state index >= 15 is 0 Å². The molecule has 1 amide bonds. The maximum absolute atomic E-state index is 13.7. The summed E-state index contributed by atoms with van der Waals surface area (Å²) in [6.45, 7) is -0.752. The van der Waals surface area contributed by atoms with Gasteiger partial charge in [0.05, 0.1) is 68.9 Å². The van der Waals surface area contributed by atoms with Crippen molar-refractivity contribution in [2.75, 3.05) is 13.2 Å². The van der Waals surface area contributed by atoms with Crippen molar-refractivity contribution in [3.8, 4) is 0 Å². The number of aliphatic hydroxyl groups excluding tert-OH is 2. The van der Waals surface area contributed by atoms with Crippen molar-refractivity contribution >= 4 is 77.5 Å². The fraction of sp³-hybridized carbons (Fsp3) is 0.276. The van der Waals surface area contributed by atoms with E-state index in [1.54, 1.807) is 16.7 Å². The molecule has 0 spiro atoms. The Kier molecular flexibility index (Phi) is 10.3. The van der Waals surface area contributed by atoms with Crippen LogP contribution in [0, 0.1) is 0 Å². The predicted molar refractivity (Wildman–Crippen MR) is 173 cm³/mol. The van der Waals surface area contributed by atoms with Gasteiger partial charge in [0.2, 0.25) is 0 Å². The van der Waals surface area contributed by atoms with E-state index in [1.165, 1.54) is 36.4 Å². The summed E-state index contributed by atoms with van der Waals surface area (Å²) < 4.78 is 65.9. The number of carbonyl (C=O) groups is 1. The molecule has 4 aromatic rings. The van der Waals surface area contributed by atoms with Crippen LogP contribution in [0.4, 0.5) is 13.2 Å². The third-order valence-corrected chi connectivity index (χ3v) is 9.89. The zero-order chi connectivity index (χ0) is 34.2. The minimum atomic E-state index is -4.64. The summed E-state index contributed by atoms with van der Waals surface area (Å²) in [5.41, 5.74) is 0.645. The van der Waals surface area contributed by atoms with Crippen LogP contribution in [0.5, 0.6) is 0 Å². The number of benzene rings is 3. The highest BCUT2D eigenvalue weighted by molar-refractivity contribution is 7.95. The molecule has 0 fully saturated rings. The van der Waals surface area contributed by atoms with Crippen molar-refractivity contribution in [1.29, 1.82) is 0 Å².